The molecule has 1 spiro atoms. The van der Waals surface area contributed by atoms with Crippen molar-refractivity contribution in [2.75, 3.05) is 31.1 Å². The van der Waals surface area contributed by atoms with E-state index in [1.807, 2.05) is 13.0 Å². The van der Waals surface area contributed by atoms with E-state index >= 15 is 0 Å². The highest BCUT2D eigenvalue weighted by Crippen LogP contribution is 2.52. The summed E-state index contributed by atoms with van der Waals surface area (Å²) in [4.78, 5) is 52.3. The van der Waals surface area contributed by atoms with E-state index in [0.29, 0.717) is 31.3 Å². The first-order valence-corrected chi connectivity index (χ1v) is 14.4. The summed E-state index contributed by atoms with van der Waals surface area (Å²) < 4.78 is 0. The van der Waals surface area contributed by atoms with Crippen LogP contribution in [0.5, 0.6) is 0 Å². The quantitative estimate of drug-likeness (QED) is 0.420. The number of para-hydroxylation sites is 1. The smallest absolute Gasteiger partial charge is 0.328 e. The number of aryl methyl sites for hydroxylation is 1. The molecular formula is C32H37N3O6. The number of likely N-dealkylation sites (tertiary alicyclic amines) is 2. The van der Waals surface area contributed by atoms with Gasteiger partial charge in [-0.15, -0.1) is 0 Å². The Kier molecular flexibility index (Phi) is 8.26. The van der Waals surface area contributed by atoms with E-state index in [0.717, 1.165) is 31.6 Å². The molecule has 4 aliphatic rings. The van der Waals surface area contributed by atoms with Crippen LogP contribution in [0.25, 0.3) is 0 Å². The Morgan fingerprint density at radius 2 is 1.56 bits per heavy atom. The Morgan fingerprint density at radius 1 is 0.927 bits per heavy atom. The second-order valence-corrected chi connectivity index (χ2v) is 11.2. The van der Waals surface area contributed by atoms with Crippen LogP contribution in [0.1, 0.15) is 49.8 Å². The van der Waals surface area contributed by atoms with Crippen LogP contribution in [0.4, 0.5) is 5.69 Å². The van der Waals surface area contributed by atoms with Crippen LogP contribution in [0.2, 0.25) is 0 Å². The summed E-state index contributed by atoms with van der Waals surface area (Å²) >= 11 is 0. The highest BCUT2D eigenvalue weighted by atomic mass is 16.4. The van der Waals surface area contributed by atoms with Gasteiger partial charge in [-0.25, -0.2) is 9.59 Å². The lowest BCUT2D eigenvalue weighted by Crippen LogP contribution is -2.58. The average Bonchev–Trinajstić information content (AvgIpc) is 3.44. The Bertz CT molecular complexity index is 1320. The van der Waals surface area contributed by atoms with Gasteiger partial charge in [0, 0.05) is 50.1 Å². The summed E-state index contributed by atoms with van der Waals surface area (Å²) in [6, 6.07) is 19.8. The lowest BCUT2D eigenvalue weighted by atomic mass is 9.73. The van der Waals surface area contributed by atoms with Crippen molar-refractivity contribution in [1.82, 2.24) is 9.80 Å². The summed E-state index contributed by atoms with van der Waals surface area (Å²) in [5.41, 5.74) is 3.86. The van der Waals surface area contributed by atoms with Crippen LogP contribution in [0.15, 0.2) is 66.7 Å². The van der Waals surface area contributed by atoms with E-state index < -0.39 is 11.9 Å². The molecule has 9 heteroatoms. The van der Waals surface area contributed by atoms with Crippen LogP contribution in [-0.4, -0.2) is 75.5 Å². The van der Waals surface area contributed by atoms with Crippen LogP contribution >= 0.6 is 0 Å². The van der Waals surface area contributed by atoms with Gasteiger partial charge in [0.05, 0.1) is 17.4 Å². The number of hydrogen-bond acceptors (Lipinski definition) is 6. The molecular weight excluding hydrogens is 522 g/mol. The molecule has 0 aromatic heterocycles. The summed E-state index contributed by atoms with van der Waals surface area (Å²) in [7, 11) is 0. The Labute approximate surface area is 240 Å². The van der Waals surface area contributed by atoms with Crippen LogP contribution < -0.4 is 4.90 Å². The van der Waals surface area contributed by atoms with Crippen LogP contribution in [0.3, 0.4) is 0 Å². The predicted molar refractivity (Wildman–Crippen MR) is 153 cm³/mol. The van der Waals surface area contributed by atoms with Gasteiger partial charge in [0.2, 0.25) is 11.8 Å². The molecule has 3 saturated heterocycles. The first kappa shape index (κ1) is 28.5. The third kappa shape index (κ3) is 5.38. The molecule has 6 rings (SSSR count). The largest absolute Gasteiger partial charge is 0.478 e. The van der Waals surface area contributed by atoms with Crippen molar-refractivity contribution in [3.05, 3.63) is 77.9 Å². The number of fused-ring (bicyclic) bond motifs is 3. The maximum Gasteiger partial charge on any atom is 0.328 e. The van der Waals surface area contributed by atoms with Crippen molar-refractivity contribution in [2.45, 2.75) is 50.6 Å². The Morgan fingerprint density at radius 3 is 2.20 bits per heavy atom. The molecule has 0 bridgehead atoms. The lowest BCUT2D eigenvalue weighted by molar-refractivity contribution is -0.140. The molecule has 0 radical (unpaired) electrons. The van der Waals surface area contributed by atoms with Gasteiger partial charge in [-0.2, -0.15) is 0 Å². The molecule has 2 amide bonds. The van der Waals surface area contributed by atoms with Crippen molar-refractivity contribution in [1.29, 1.82) is 0 Å². The van der Waals surface area contributed by atoms with E-state index in [-0.39, 0.29) is 29.2 Å². The summed E-state index contributed by atoms with van der Waals surface area (Å²) in [5.74, 6) is -2.85. The third-order valence-electron chi connectivity index (χ3n) is 9.21. The number of anilines is 1. The molecule has 2 aromatic carbocycles. The summed E-state index contributed by atoms with van der Waals surface area (Å²) in [6.07, 6.45) is 6.60. The zero-order valence-electron chi connectivity index (χ0n) is 23.3. The number of nitrogens with zero attached hydrogens (tertiary/aromatic N) is 3. The maximum absolute atomic E-state index is 13.5. The van der Waals surface area contributed by atoms with Crippen molar-refractivity contribution in [2.24, 2.45) is 11.8 Å². The molecule has 41 heavy (non-hydrogen) atoms. The highest BCUT2D eigenvalue weighted by Gasteiger charge is 2.64. The zero-order chi connectivity index (χ0) is 29.1. The fraction of sp³-hybridized carbons (Fsp3) is 0.438. The third-order valence-corrected chi connectivity index (χ3v) is 9.21. The molecule has 1 aliphatic carbocycles. The van der Waals surface area contributed by atoms with E-state index in [1.54, 1.807) is 0 Å². The number of hydrogen-bond donors (Lipinski definition) is 2. The number of rotatable bonds is 5. The highest BCUT2D eigenvalue weighted by molar-refractivity contribution is 6.07. The minimum absolute atomic E-state index is 0.0361. The fourth-order valence-electron chi connectivity index (χ4n) is 7.46. The molecule has 3 heterocycles. The number of benzene rings is 2. The topological polar surface area (TPSA) is 118 Å². The molecule has 9 nitrogen and oxygen atoms in total. The molecule has 0 unspecified atom stereocenters. The van der Waals surface area contributed by atoms with E-state index in [1.165, 1.54) is 35.3 Å². The number of amides is 2. The number of aliphatic carboxylic acids is 2. The number of piperidine rings is 1. The maximum atomic E-state index is 13.5. The fourth-order valence-corrected chi connectivity index (χ4v) is 7.46. The monoisotopic (exact) mass is 559 g/mol. The molecule has 0 saturated carbocycles. The van der Waals surface area contributed by atoms with Crippen LogP contribution in [-0.2, 0) is 25.6 Å². The molecule has 3 aliphatic heterocycles. The van der Waals surface area contributed by atoms with Gasteiger partial charge in [-0.3, -0.25) is 19.4 Å². The molecule has 2 aromatic rings. The van der Waals surface area contributed by atoms with Gasteiger partial charge >= 0.3 is 11.9 Å². The number of carbonyl (C=O) groups is 4. The SMILES string of the molecule is CCN1C(=O)[C@H]2CN(c3ccccc3)C3(CCN([C@@H]4CCCc5ccccc54)CC3)[C@H]2C1=O.O=C(O)/C=C/C(=O)O. The van der Waals surface area contributed by atoms with Gasteiger partial charge in [-0.05, 0) is 62.3 Å². The number of imide groups is 1. The summed E-state index contributed by atoms with van der Waals surface area (Å²) in [6.45, 7) is 5.00. The van der Waals surface area contributed by atoms with E-state index in [9.17, 15) is 19.2 Å². The van der Waals surface area contributed by atoms with E-state index in [4.69, 9.17) is 10.2 Å². The minimum atomic E-state index is -1.26. The Balaban J connectivity index is 0.000000372. The van der Waals surface area contributed by atoms with Crippen molar-refractivity contribution in [3.63, 3.8) is 0 Å². The summed E-state index contributed by atoms with van der Waals surface area (Å²) in [5, 5.41) is 15.6. The predicted octanol–water partition coefficient (Wildman–Crippen LogP) is 3.75. The lowest BCUT2D eigenvalue weighted by Gasteiger charge is -2.50. The zero-order valence-corrected chi connectivity index (χ0v) is 23.3. The Hall–Kier alpha value is -3.98. The van der Waals surface area contributed by atoms with Gasteiger partial charge in [-0.1, -0.05) is 42.5 Å². The number of carbonyl (C=O) groups excluding carboxylic acids is 2. The number of carboxylic acid groups (broad SMARTS) is 2. The van der Waals surface area contributed by atoms with Crippen molar-refractivity contribution < 1.29 is 29.4 Å². The average molecular weight is 560 g/mol. The second kappa shape index (κ2) is 11.9. The van der Waals surface area contributed by atoms with Crippen molar-refractivity contribution in [3.8, 4) is 0 Å². The van der Waals surface area contributed by atoms with Crippen molar-refractivity contribution >= 4 is 29.4 Å². The normalized spacial score (nSPS) is 25.1. The molecule has 216 valence electrons. The molecule has 3 fully saturated rings. The first-order valence-electron chi connectivity index (χ1n) is 14.4. The number of carboxylic acids is 2. The minimum Gasteiger partial charge on any atom is -0.478 e. The van der Waals surface area contributed by atoms with Gasteiger partial charge in [0.1, 0.15) is 0 Å². The second-order valence-electron chi connectivity index (χ2n) is 11.2. The molecule has 2 N–H and O–H groups in total. The van der Waals surface area contributed by atoms with E-state index in [2.05, 4.69) is 58.3 Å². The van der Waals surface area contributed by atoms with Crippen LogP contribution in [0, 0.1) is 11.8 Å². The first-order chi connectivity index (χ1) is 19.8. The van der Waals surface area contributed by atoms with Gasteiger partial charge < -0.3 is 15.1 Å². The standard InChI is InChI=1S/C28H33N3O2.C4H4O4/c1-2-30-26(32)23-19-31(21-11-4-3-5-12-21)28(25(23)27(30)33)15-17-29(18-16-28)24-14-8-10-20-9-6-7-13-22(20)24;5-3(6)1-2-4(7)8/h3-7,9,11-13,23-25H,2,8,10,14-19H2,1H3;1-2H,(H,5,6)(H,7,8)/b;2-1+/t23-,24+,25+;/m0./s1. The van der Waals surface area contributed by atoms with Gasteiger partial charge in [0.15, 0.2) is 0 Å². The van der Waals surface area contributed by atoms with Gasteiger partial charge in [0.25, 0.3) is 0 Å². The molecule has 3 atom stereocenters.